The van der Waals surface area contributed by atoms with Gasteiger partial charge in [0.2, 0.25) is 0 Å². The summed E-state index contributed by atoms with van der Waals surface area (Å²) in [4.78, 5) is 0.0883. The van der Waals surface area contributed by atoms with E-state index in [2.05, 4.69) is 5.32 Å². The Morgan fingerprint density at radius 1 is 0.906 bits per heavy atom. The molecule has 0 radical (unpaired) electrons. The van der Waals surface area contributed by atoms with Gasteiger partial charge in [-0.05, 0) is 42.8 Å². The van der Waals surface area contributed by atoms with E-state index in [0.717, 1.165) is 11.1 Å². The van der Waals surface area contributed by atoms with Gasteiger partial charge >= 0.3 is 10.1 Å². The van der Waals surface area contributed by atoms with Crippen molar-refractivity contribution in [2.24, 2.45) is 0 Å². The molecule has 0 bridgehead atoms. The number of hydrogen-bond donors (Lipinski definition) is 2. The molecule has 0 amide bonds. The molecule has 8 heteroatoms. The third kappa shape index (κ3) is 6.00. The van der Waals surface area contributed by atoms with E-state index in [1.165, 1.54) is 24.3 Å². The van der Waals surface area contributed by atoms with Crippen molar-refractivity contribution in [2.45, 2.75) is 24.5 Å². The standard InChI is InChI=1S/C24H27NO6S/c1-17-4-12-22(13-5-17)32(27,28)31-20-9-6-18(7-10-20)23(26)16-25-15-19-8-11-21(29-2)14-24(19)30-3/h4-14,23,25-26H,15-16H2,1-3H3/t23-/m1/s1. The summed E-state index contributed by atoms with van der Waals surface area (Å²) >= 11 is 0. The maximum atomic E-state index is 12.4. The van der Waals surface area contributed by atoms with Crippen LogP contribution in [-0.4, -0.2) is 34.3 Å². The first-order valence-electron chi connectivity index (χ1n) is 10.0. The lowest BCUT2D eigenvalue weighted by atomic mass is 10.1. The summed E-state index contributed by atoms with van der Waals surface area (Å²) in [5.74, 6) is 1.58. The molecule has 0 saturated carbocycles. The molecule has 32 heavy (non-hydrogen) atoms. The van der Waals surface area contributed by atoms with Crippen molar-refractivity contribution < 1.29 is 27.2 Å². The monoisotopic (exact) mass is 457 g/mol. The summed E-state index contributed by atoms with van der Waals surface area (Å²) in [6.07, 6.45) is -0.776. The molecule has 1 atom stereocenters. The molecule has 0 fully saturated rings. The van der Waals surface area contributed by atoms with Crippen LogP contribution in [0.15, 0.2) is 71.6 Å². The lowest BCUT2D eigenvalue weighted by Gasteiger charge is -2.15. The first-order valence-corrected chi connectivity index (χ1v) is 11.4. The number of hydrogen-bond acceptors (Lipinski definition) is 7. The quantitative estimate of drug-likeness (QED) is 0.449. The smallest absolute Gasteiger partial charge is 0.339 e. The molecule has 0 aliphatic carbocycles. The van der Waals surface area contributed by atoms with E-state index in [4.69, 9.17) is 13.7 Å². The van der Waals surface area contributed by atoms with Crippen molar-refractivity contribution in [2.75, 3.05) is 20.8 Å². The van der Waals surface area contributed by atoms with Crippen LogP contribution in [0.1, 0.15) is 22.8 Å². The second-order valence-electron chi connectivity index (χ2n) is 7.24. The summed E-state index contributed by atoms with van der Waals surface area (Å²) in [5.41, 5.74) is 2.53. The van der Waals surface area contributed by atoms with Crippen molar-refractivity contribution >= 4 is 10.1 Å². The Bertz CT molecular complexity index is 1130. The predicted molar refractivity (Wildman–Crippen MR) is 122 cm³/mol. The minimum atomic E-state index is -3.92. The van der Waals surface area contributed by atoms with E-state index in [-0.39, 0.29) is 10.6 Å². The van der Waals surface area contributed by atoms with Gasteiger partial charge in [0.25, 0.3) is 0 Å². The van der Waals surface area contributed by atoms with Gasteiger partial charge in [0.1, 0.15) is 22.1 Å². The molecule has 170 valence electrons. The second-order valence-corrected chi connectivity index (χ2v) is 8.79. The molecule has 3 aromatic rings. The predicted octanol–water partition coefficient (Wildman–Crippen LogP) is 3.60. The highest BCUT2D eigenvalue weighted by Crippen LogP contribution is 2.25. The number of nitrogens with one attached hydrogen (secondary N) is 1. The maximum Gasteiger partial charge on any atom is 0.339 e. The topological polar surface area (TPSA) is 94.1 Å². The average Bonchev–Trinajstić information content (AvgIpc) is 2.79. The van der Waals surface area contributed by atoms with Crippen molar-refractivity contribution in [3.05, 3.63) is 83.4 Å². The zero-order valence-corrected chi connectivity index (χ0v) is 19.1. The lowest BCUT2D eigenvalue weighted by molar-refractivity contribution is 0.174. The van der Waals surface area contributed by atoms with Gasteiger partial charge in [0.15, 0.2) is 0 Å². The van der Waals surface area contributed by atoms with Crippen LogP contribution in [-0.2, 0) is 16.7 Å². The van der Waals surface area contributed by atoms with Crippen LogP contribution in [0.4, 0.5) is 0 Å². The Hall–Kier alpha value is -3.07. The summed E-state index contributed by atoms with van der Waals surface area (Å²) in [6.45, 7) is 2.68. The number of aryl methyl sites for hydroxylation is 1. The van der Waals surface area contributed by atoms with E-state index in [0.29, 0.717) is 30.2 Å². The highest BCUT2D eigenvalue weighted by molar-refractivity contribution is 7.87. The Kier molecular flexibility index (Phi) is 7.74. The van der Waals surface area contributed by atoms with Crippen molar-refractivity contribution in [3.63, 3.8) is 0 Å². The largest absolute Gasteiger partial charge is 0.497 e. The van der Waals surface area contributed by atoms with Gasteiger partial charge < -0.3 is 24.1 Å². The highest BCUT2D eigenvalue weighted by atomic mass is 32.2. The van der Waals surface area contributed by atoms with Crippen LogP contribution >= 0.6 is 0 Å². The Balaban J connectivity index is 1.57. The van der Waals surface area contributed by atoms with Crippen LogP contribution in [0.5, 0.6) is 17.2 Å². The molecular formula is C24H27NO6S. The zero-order valence-electron chi connectivity index (χ0n) is 18.2. The van der Waals surface area contributed by atoms with E-state index in [9.17, 15) is 13.5 Å². The van der Waals surface area contributed by atoms with Crippen LogP contribution in [0.3, 0.4) is 0 Å². The first-order chi connectivity index (χ1) is 15.3. The van der Waals surface area contributed by atoms with Crippen LogP contribution in [0.25, 0.3) is 0 Å². The van der Waals surface area contributed by atoms with E-state index < -0.39 is 16.2 Å². The molecule has 0 spiro atoms. The molecule has 0 aromatic heterocycles. The van der Waals surface area contributed by atoms with Gasteiger partial charge in [0, 0.05) is 24.7 Å². The van der Waals surface area contributed by atoms with E-state index >= 15 is 0 Å². The van der Waals surface area contributed by atoms with Crippen LogP contribution in [0, 0.1) is 6.92 Å². The third-order valence-corrected chi connectivity index (χ3v) is 6.19. The van der Waals surface area contributed by atoms with Crippen molar-refractivity contribution in [1.29, 1.82) is 0 Å². The number of methoxy groups -OCH3 is 2. The molecule has 3 aromatic carbocycles. The number of aliphatic hydroxyl groups is 1. The Labute approximate surface area is 188 Å². The molecule has 0 saturated heterocycles. The molecule has 2 N–H and O–H groups in total. The van der Waals surface area contributed by atoms with Gasteiger partial charge in [-0.2, -0.15) is 8.42 Å². The number of rotatable bonds is 10. The van der Waals surface area contributed by atoms with Gasteiger partial charge in [-0.3, -0.25) is 0 Å². The van der Waals surface area contributed by atoms with E-state index in [1.54, 1.807) is 44.6 Å². The Morgan fingerprint density at radius 3 is 2.19 bits per heavy atom. The molecule has 7 nitrogen and oxygen atoms in total. The summed E-state index contributed by atoms with van der Waals surface area (Å²) in [5, 5.41) is 13.7. The normalized spacial score (nSPS) is 12.2. The molecule has 0 aliphatic rings. The van der Waals surface area contributed by atoms with Crippen LogP contribution < -0.4 is 19.0 Å². The fraction of sp³-hybridized carbons (Fsp3) is 0.250. The van der Waals surface area contributed by atoms with Crippen molar-refractivity contribution in [1.82, 2.24) is 5.32 Å². The molecule has 3 rings (SSSR count). The SMILES string of the molecule is COc1ccc(CNC[C@@H](O)c2ccc(OS(=O)(=O)c3ccc(C)cc3)cc2)c(OC)c1. The van der Waals surface area contributed by atoms with Gasteiger partial charge in [-0.25, -0.2) is 0 Å². The van der Waals surface area contributed by atoms with E-state index in [1.807, 2.05) is 19.1 Å². The summed E-state index contributed by atoms with van der Waals surface area (Å²) < 4.78 is 40.6. The summed E-state index contributed by atoms with van der Waals surface area (Å²) in [7, 11) is -0.728. The molecule has 0 aliphatic heterocycles. The third-order valence-electron chi connectivity index (χ3n) is 4.93. The fourth-order valence-corrected chi connectivity index (χ4v) is 4.01. The molecular weight excluding hydrogens is 430 g/mol. The van der Waals surface area contributed by atoms with Crippen molar-refractivity contribution in [3.8, 4) is 17.2 Å². The second kappa shape index (κ2) is 10.5. The number of benzene rings is 3. The summed E-state index contributed by atoms with van der Waals surface area (Å²) in [6, 6.07) is 18.3. The Morgan fingerprint density at radius 2 is 1.56 bits per heavy atom. The first kappa shape index (κ1) is 23.6. The zero-order chi connectivity index (χ0) is 23.1. The highest BCUT2D eigenvalue weighted by Gasteiger charge is 2.17. The van der Waals surface area contributed by atoms with Gasteiger partial charge in [-0.15, -0.1) is 0 Å². The maximum absolute atomic E-state index is 12.4. The molecule has 0 heterocycles. The number of ether oxygens (including phenoxy) is 2. The fourth-order valence-electron chi connectivity index (χ4n) is 3.08. The minimum absolute atomic E-state index is 0.0883. The van der Waals surface area contributed by atoms with Crippen LogP contribution in [0.2, 0.25) is 0 Å². The van der Waals surface area contributed by atoms with Gasteiger partial charge in [0.05, 0.1) is 20.3 Å². The van der Waals surface area contributed by atoms with Gasteiger partial charge in [-0.1, -0.05) is 35.9 Å². The average molecular weight is 458 g/mol. The minimum Gasteiger partial charge on any atom is -0.497 e. The number of aliphatic hydroxyl groups excluding tert-OH is 1. The lowest BCUT2D eigenvalue weighted by Crippen LogP contribution is -2.21. The molecule has 0 unspecified atom stereocenters.